The Kier molecular flexibility index (Phi) is 5.94. The maximum Gasteiger partial charge on any atom is 0.248 e. The number of nitrogens with one attached hydrogen (secondary N) is 1. The number of fused-ring (bicyclic) bond motifs is 1. The fraction of sp³-hybridized carbons (Fsp3) is 0.167. The van der Waals surface area contributed by atoms with E-state index in [1.807, 2.05) is 72.3 Å². The van der Waals surface area contributed by atoms with Gasteiger partial charge in [-0.15, -0.1) is 0 Å². The summed E-state index contributed by atoms with van der Waals surface area (Å²) in [4.78, 5) is 16.6. The number of amides is 1. The average Bonchev–Trinajstić information content (AvgIpc) is 3.41. The van der Waals surface area contributed by atoms with Gasteiger partial charge in [0.25, 0.3) is 0 Å². The van der Waals surface area contributed by atoms with Crippen LogP contribution in [-0.4, -0.2) is 22.1 Å². The van der Waals surface area contributed by atoms with Gasteiger partial charge >= 0.3 is 0 Å². The molecule has 4 rings (SSSR count). The molecule has 0 saturated heterocycles. The molecule has 0 aliphatic rings. The third kappa shape index (κ3) is 4.43. The molecule has 0 fully saturated rings. The first-order valence-electron chi connectivity index (χ1n) is 9.91. The van der Waals surface area contributed by atoms with Gasteiger partial charge < -0.3 is 19.0 Å². The zero-order valence-electron chi connectivity index (χ0n) is 16.7. The summed E-state index contributed by atoms with van der Waals surface area (Å²) in [6.45, 7) is 3.18. The van der Waals surface area contributed by atoms with Crippen molar-refractivity contribution in [2.45, 2.75) is 19.9 Å². The quantitative estimate of drug-likeness (QED) is 0.425. The maximum absolute atomic E-state index is 12.6. The molecule has 2 heterocycles. The molecule has 30 heavy (non-hydrogen) atoms. The van der Waals surface area contributed by atoms with Gasteiger partial charge in [0.2, 0.25) is 5.91 Å². The molecular formula is C24H23N3O3. The van der Waals surface area contributed by atoms with Crippen molar-refractivity contribution < 1.29 is 13.9 Å². The number of imidazole rings is 1. The Morgan fingerprint density at radius 2 is 2.03 bits per heavy atom. The molecule has 0 spiro atoms. The Labute approximate surface area is 174 Å². The van der Waals surface area contributed by atoms with Gasteiger partial charge in [0, 0.05) is 35.8 Å². The van der Waals surface area contributed by atoms with E-state index >= 15 is 0 Å². The largest absolute Gasteiger partial charge is 0.490 e. The van der Waals surface area contributed by atoms with Crippen molar-refractivity contribution in [1.82, 2.24) is 9.55 Å². The minimum absolute atomic E-state index is 0.229. The molecule has 1 amide bonds. The first-order valence-corrected chi connectivity index (χ1v) is 9.91. The predicted molar refractivity (Wildman–Crippen MR) is 117 cm³/mol. The van der Waals surface area contributed by atoms with E-state index < -0.39 is 0 Å². The van der Waals surface area contributed by atoms with E-state index in [9.17, 15) is 4.79 Å². The number of hydrogen-bond donors (Lipinski definition) is 1. The molecule has 152 valence electrons. The summed E-state index contributed by atoms with van der Waals surface area (Å²) in [5.74, 6) is 1.26. The summed E-state index contributed by atoms with van der Waals surface area (Å²) in [7, 11) is 0. The highest BCUT2D eigenvalue weighted by molar-refractivity contribution is 6.04. The second-order valence-corrected chi connectivity index (χ2v) is 6.76. The first kappa shape index (κ1) is 19.5. The number of nitrogens with zero attached hydrogens (tertiary/aromatic N) is 2. The van der Waals surface area contributed by atoms with Crippen LogP contribution >= 0.6 is 0 Å². The van der Waals surface area contributed by atoms with Gasteiger partial charge in [0.1, 0.15) is 23.7 Å². The zero-order chi connectivity index (χ0) is 20.8. The first-order chi connectivity index (χ1) is 14.7. The van der Waals surface area contributed by atoms with Crippen molar-refractivity contribution in [3.05, 3.63) is 84.7 Å². The molecule has 0 aliphatic heterocycles. The van der Waals surface area contributed by atoms with Crippen LogP contribution in [0.25, 0.3) is 17.0 Å². The molecule has 0 radical (unpaired) electrons. The number of ether oxygens (including phenoxy) is 1. The van der Waals surface area contributed by atoms with Crippen molar-refractivity contribution in [3.63, 3.8) is 0 Å². The molecule has 0 bridgehead atoms. The highest BCUT2D eigenvalue weighted by atomic mass is 16.5. The van der Waals surface area contributed by atoms with Crippen LogP contribution in [-0.2, 0) is 17.8 Å². The van der Waals surface area contributed by atoms with Gasteiger partial charge in [0.05, 0.1) is 18.6 Å². The average molecular weight is 401 g/mol. The minimum Gasteiger partial charge on any atom is -0.490 e. The van der Waals surface area contributed by atoms with E-state index in [-0.39, 0.29) is 5.91 Å². The van der Waals surface area contributed by atoms with Crippen molar-refractivity contribution in [2.24, 2.45) is 0 Å². The topological polar surface area (TPSA) is 69.3 Å². The zero-order valence-corrected chi connectivity index (χ0v) is 16.7. The lowest BCUT2D eigenvalue weighted by Crippen LogP contribution is -2.11. The Morgan fingerprint density at radius 1 is 1.20 bits per heavy atom. The number of benzene rings is 2. The predicted octanol–water partition coefficient (Wildman–Crippen LogP) is 4.92. The van der Waals surface area contributed by atoms with Crippen LogP contribution in [0, 0.1) is 0 Å². The van der Waals surface area contributed by atoms with Gasteiger partial charge in [-0.2, -0.15) is 0 Å². The number of aromatic nitrogens is 2. The molecule has 6 nitrogen and oxygen atoms in total. The number of carbonyl (C=O) groups is 1. The van der Waals surface area contributed by atoms with E-state index in [2.05, 4.69) is 10.3 Å². The van der Waals surface area contributed by atoms with E-state index in [1.54, 1.807) is 12.5 Å². The third-order valence-corrected chi connectivity index (χ3v) is 4.74. The molecular weight excluding hydrogens is 378 g/mol. The summed E-state index contributed by atoms with van der Waals surface area (Å²) in [5.41, 5.74) is 2.39. The van der Waals surface area contributed by atoms with E-state index in [1.165, 1.54) is 6.08 Å². The van der Waals surface area contributed by atoms with Crippen LogP contribution < -0.4 is 10.1 Å². The van der Waals surface area contributed by atoms with Gasteiger partial charge in [-0.1, -0.05) is 37.3 Å². The van der Waals surface area contributed by atoms with Crippen molar-refractivity contribution in [1.29, 1.82) is 0 Å². The van der Waals surface area contributed by atoms with Crippen LogP contribution in [0.4, 0.5) is 5.69 Å². The fourth-order valence-corrected chi connectivity index (χ4v) is 3.27. The van der Waals surface area contributed by atoms with Gasteiger partial charge in [-0.3, -0.25) is 4.79 Å². The standard InChI is InChI=1S/C24H23N3O3/c1-2-21-19(18-7-3-5-9-22(18)30-21)11-12-24(28)26-20-8-4-6-10-23(20)29-16-15-27-14-13-25-17-27/h3-14,17H,2,15-16H2,1H3,(H,26,28)/b12-11+. The SMILES string of the molecule is CCc1oc2ccccc2c1/C=C/C(=O)Nc1ccccc1OCCn1ccnc1. The van der Waals surface area contributed by atoms with Crippen LogP contribution in [0.1, 0.15) is 18.2 Å². The van der Waals surface area contributed by atoms with Crippen molar-refractivity contribution in [3.8, 4) is 5.75 Å². The normalized spacial score (nSPS) is 11.2. The number of para-hydroxylation sites is 3. The second kappa shape index (κ2) is 9.13. The number of anilines is 1. The highest BCUT2D eigenvalue weighted by Crippen LogP contribution is 2.28. The summed E-state index contributed by atoms with van der Waals surface area (Å²) in [6.07, 6.45) is 9.44. The van der Waals surface area contributed by atoms with Crippen molar-refractivity contribution >= 4 is 28.6 Å². The van der Waals surface area contributed by atoms with Crippen LogP contribution in [0.5, 0.6) is 5.75 Å². The molecule has 4 aromatic rings. The number of carbonyl (C=O) groups excluding carboxylic acids is 1. The molecule has 0 aliphatic carbocycles. The Balaban J connectivity index is 1.44. The van der Waals surface area contributed by atoms with Crippen molar-refractivity contribution in [2.75, 3.05) is 11.9 Å². The lowest BCUT2D eigenvalue weighted by molar-refractivity contribution is -0.111. The van der Waals surface area contributed by atoms with Gasteiger partial charge in [0.15, 0.2) is 0 Å². The Hall–Kier alpha value is -3.80. The lowest BCUT2D eigenvalue weighted by Gasteiger charge is -2.11. The van der Waals surface area contributed by atoms with Crippen LogP contribution in [0.2, 0.25) is 0 Å². The third-order valence-electron chi connectivity index (χ3n) is 4.74. The lowest BCUT2D eigenvalue weighted by atomic mass is 10.1. The smallest absolute Gasteiger partial charge is 0.248 e. The Morgan fingerprint density at radius 3 is 2.87 bits per heavy atom. The van der Waals surface area contributed by atoms with E-state index in [0.29, 0.717) is 24.6 Å². The number of furan rings is 1. The van der Waals surface area contributed by atoms with E-state index in [0.717, 1.165) is 28.7 Å². The molecule has 2 aromatic heterocycles. The van der Waals surface area contributed by atoms with Crippen LogP contribution in [0.15, 0.2) is 77.7 Å². The molecule has 1 N–H and O–H groups in total. The van der Waals surface area contributed by atoms with E-state index in [4.69, 9.17) is 9.15 Å². The molecule has 0 saturated carbocycles. The summed E-state index contributed by atoms with van der Waals surface area (Å²) in [5, 5.41) is 3.90. The Bertz CT molecular complexity index is 1160. The monoisotopic (exact) mass is 401 g/mol. The fourth-order valence-electron chi connectivity index (χ4n) is 3.27. The second-order valence-electron chi connectivity index (χ2n) is 6.76. The number of hydrogen-bond acceptors (Lipinski definition) is 4. The minimum atomic E-state index is -0.229. The highest BCUT2D eigenvalue weighted by Gasteiger charge is 2.11. The molecule has 0 atom stereocenters. The number of rotatable bonds is 8. The van der Waals surface area contributed by atoms with Gasteiger partial charge in [-0.05, 0) is 24.3 Å². The van der Waals surface area contributed by atoms with Crippen LogP contribution in [0.3, 0.4) is 0 Å². The number of aryl methyl sites for hydroxylation is 1. The molecule has 6 heteroatoms. The summed E-state index contributed by atoms with van der Waals surface area (Å²) >= 11 is 0. The molecule has 2 aromatic carbocycles. The summed E-state index contributed by atoms with van der Waals surface area (Å²) in [6, 6.07) is 15.2. The maximum atomic E-state index is 12.6. The van der Waals surface area contributed by atoms with Gasteiger partial charge in [-0.25, -0.2) is 4.98 Å². The summed E-state index contributed by atoms with van der Waals surface area (Å²) < 4.78 is 13.7. The molecule has 0 unspecified atom stereocenters.